The number of hydrogen-bond donors (Lipinski definition) is 5. The number of aliphatic carboxylic acids is 1. The zero-order chi connectivity index (χ0) is 26.7. The van der Waals surface area contributed by atoms with Crippen LogP contribution in [0.4, 0.5) is 9.59 Å². The van der Waals surface area contributed by atoms with Gasteiger partial charge >= 0.3 is 18.2 Å². The lowest BCUT2D eigenvalue weighted by atomic mass is 10.0. The van der Waals surface area contributed by atoms with Gasteiger partial charge in [0.2, 0.25) is 5.91 Å². The topological polar surface area (TPSA) is 163 Å². The van der Waals surface area contributed by atoms with Crippen molar-refractivity contribution in [1.29, 1.82) is 0 Å². The van der Waals surface area contributed by atoms with Crippen LogP contribution in [0, 0.1) is 5.92 Å². The van der Waals surface area contributed by atoms with Crippen LogP contribution in [0.1, 0.15) is 68.2 Å². The fraction of sp³-hybridized carbons (Fsp3) is 0.739. The number of nitrogens with one attached hydrogen (secondary N) is 3. The number of hydrogen-bond acceptors (Lipinski definition) is 7. The van der Waals surface area contributed by atoms with Crippen molar-refractivity contribution in [2.24, 2.45) is 5.92 Å². The standard InChI is InChI=1S/C23H41N3O8/c1-14(2)16(9-10-18(28)29)25-19(30)17(26-21(32)34-23(6,7)8)13-15(27)11-12-24-20(31)33-22(3,4)5/h9-10,14-17,27H,11-13H2,1-8H3,(H,24,31)(H,25,30)(H,26,32)(H,28,29)/b10-9+/t15-,16+,17-/m0/s1. The molecule has 0 aliphatic carbocycles. The molecule has 11 nitrogen and oxygen atoms in total. The highest BCUT2D eigenvalue weighted by atomic mass is 16.6. The number of amides is 3. The van der Waals surface area contributed by atoms with Gasteiger partial charge in [-0.25, -0.2) is 14.4 Å². The van der Waals surface area contributed by atoms with E-state index in [4.69, 9.17) is 14.6 Å². The molecule has 3 amide bonds. The lowest BCUT2D eigenvalue weighted by Crippen LogP contribution is -2.52. The van der Waals surface area contributed by atoms with Gasteiger partial charge in [0, 0.05) is 19.0 Å². The van der Waals surface area contributed by atoms with Gasteiger partial charge in [-0.15, -0.1) is 0 Å². The minimum atomic E-state index is -1.16. The van der Waals surface area contributed by atoms with Crippen molar-refractivity contribution < 1.29 is 38.9 Å². The highest BCUT2D eigenvalue weighted by Gasteiger charge is 2.28. The van der Waals surface area contributed by atoms with E-state index in [1.807, 2.05) is 0 Å². The van der Waals surface area contributed by atoms with Crippen LogP contribution in [-0.2, 0) is 19.1 Å². The first-order chi connectivity index (χ1) is 15.4. The highest BCUT2D eigenvalue weighted by Crippen LogP contribution is 2.11. The maximum absolute atomic E-state index is 12.9. The van der Waals surface area contributed by atoms with E-state index in [9.17, 15) is 24.3 Å². The quantitative estimate of drug-likeness (QED) is 0.277. The van der Waals surface area contributed by atoms with Crippen molar-refractivity contribution in [2.45, 2.75) is 97.6 Å². The SMILES string of the molecule is CC(C)[C@@H](/C=C/C(=O)O)NC(=O)[C@H](C[C@@H](O)CCNC(=O)OC(C)(C)C)NC(=O)OC(C)(C)C. The van der Waals surface area contributed by atoms with E-state index in [1.165, 1.54) is 6.08 Å². The van der Waals surface area contributed by atoms with Gasteiger partial charge < -0.3 is 35.6 Å². The van der Waals surface area contributed by atoms with E-state index in [0.717, 1.165) is 6.08 Å². The molecule has 0 spiro atoms. The average Bonchev–Trinajstić information content (AvgIpc) is 2.60. The van der Waals surface area contributed by atoms with Crippen molar-refractivity contribution in [3.63, 3.8) is 0 Å². The van der Waals surface area contributed by atoms with Gasteiger partial charge in [0.15, 0.2) is 0 Å². The number of rotatable bonds is 11. The van der Waals surface area contributed by atoms with Gasteiger partial charge in [-0.1, -0.05) is 19.9 Å². The summed E-state index contributed by atoms with van der Waals surface area (Å²) in [6.07, 6.45) is -0.303. The van der Waals surface area contributed by atoms with Crippen LogP contribution in [0.2, 0.25) is 0 Å². The lowest BCUT2D eigenvalue weighted by molar-refractivity contribution is -0.131. The molecule has 0 rings (SSSR count). The normalized spacial score (nSPS) is 14.8. The summed E-state index contributed by atoms with van der Waals surface area (Å²) in [5, 5.41) is 27.0. The molecule has 0 heterocycles. The Morgan fingerprint density at radius 3 is 1.91 bits per heavy atom. The van der Waals surface area contributed by atoms with Crippen molar-refractivity contribution in [1.82, 2.24) is 16.0 Å². The van der Waals surface area contributed by atoms with Crippen molar-refractivity contribution in [3.8, 4) is 0 Å². The second kappa shape index (κ2) is 13.8. The first kappa shape index (κ1) is 31.2. The second-order valence-corrected chi connectivity index (χ2v) is 10.3. The number of aliphatic hydroxyl groups is 1. The minimum absolute atomic E-state index is 0.0901. The molecule has 0 aliphatic heterocycles. The number of aliphatic hydroxyl groups excluding tert-OH is 1. The highest BCUT2D eigenvalue weighted by molar-refractivity contribution is 5.86. The van der Waals surface area contributed by atoms with Crippen molar-refractivity contribution in [2.75, 3.05) is 6.54 Å². The number of alkyl carbamates (subject to hydrolysis) is 2. The van der Waals surface area contributed by atoms with Crippen LogP contribution in [0.15, 0.2) is 12.2 Å². The molecule has 11 heteroatoms. The maximum atomic E-state index is 12.9. The van der Waals surface area contributed by atoms with Crippen LogP contribution >= 0.6 is 0 Å². The minimum Gasteiger partial charge on any atom is -0.478 e. The van der Waals surface area contributed by atoms with Crippen LogP contribution in [0.3, 0.4) is 0 Å². The molecule has 0 unspecified atom stereocenters. The summed E-state index contributed by atoms with van der Waals surface area (Å²) in [7, 11) is 0. The van der Waals surface area contributed by atoms with Gasteiger partial charge in [-0.05, 0) is 53.9 Å². The molecule has 0 aliphatic rings. The fourth-order valence-electron chi connectivity index (χ4n) is 2.61. The molecule has 3 atom stereocenters. The third kappa shape index (κ3) is 15.9. The van der Waals surface area contributed by atoms with Crippen LogP contribution < -0.4 is 16.0 Å². The number of carboxylic acid groups (broad SMARTS) is 1. The van der Waals surface area contributed by atoms with Gasteiger partial charge in [-0.3, -0.25) is 4.79 Å². The summed E-state index contributed by atoms with van der Waals surface area (Å²) in [5.74, 6) is -1.90. The van der Waals surface area contributed by atoms with E-state index in [0.29, 0.717) is 0 Å². The zero-order valence-electron chi connectivity index (χ0n) is 21.4. The molecule has 0 bridgehead atoms. The molecule has 0 fully saturated rings. The smallest absolute Gasteiger partial charge is 0.408 e. The Morgan fingerprint density at radius 1 is 0.912 bits per heavy atom. The monoisotopic (exact) mass is 487 g/mol. The molecule has 0 aromatic carbocycles. The van der Waals surface area contributed by atoms with E-state index >= 15 is 0 Å². The molecule has 0 saturated carbocycles. The molecule has 34 heavy (non-hydrogen) atoms. The Kier molecular flexibility index (Phi) is 12.6. The van der Waals surface area contributed by atoms with Gasteiger partial charge in [0.1, 0.15) is 17.2 Å². The molecule has 196 valence electrons. The predicted molar refractivity (Wildman–Crippen MR) is 126 cm³/mol. The molecule has 0 saturated heterocycles. The summed E-state index contributed by atoms with van der Waals surface area (Å²) in [6.45, 7) is 13.9. The Morgan fingerprint density at radius 2 is 1.44 bits per heavy atom. The number of carboxylic acids is 1. The number of carbonyl (C=O) groups excluding carboxylic acids is 3. The van der Waals surface area contributed by atoms with Gasteiger partial charge in [-0.2, -0.15) is 0 Å². The first-order valence-electron chi connectivity index (χ1n) is 11.3. The molecular formula is C23H41N3O8. The Hall–Kier alpha value is -2.82. The van der Waals surface area contributed by atoms with Gasteiger partial charge in [0.05, 0.1) is 12.1 Å². The Bertz CT molecular complexity index is 723. The van der Waals surface area contributed by atoms with Crippen LogP contribution in [0.5, 0.6) is 0 Å². The number of carbonyl (C=O) groups is 4. The third-order valence-corrected chi connectivity index (χ3v) is 4.13. The van der Waals surface area contributed by atoms with Crippen LogP contribution in [0.25, 0.3) is 0 Å². The molecule has 0 aromatic heterocycles. The fourth-order valence-corrected chi connectivity index (χ4v) is 2.61. The second-order valence-electron chi connectivity index (χ2n) is 10.3. The molecule has 0 radical (unpaired) electrons. The van der Waals surface area contributed by atoms with E-state index < -0.39 is 53.5 Å². The number of ether oxygens (including phenoxy) is 2. The first-order valence-corrected chi connectivity index (χ1v) is 11.3. The molecular weight excluding hydrogens is 446 g/mol. The summed E-state index contributed by atoms with van der Waals surface area (Å²) in [6, 6.07) is -1.77. The lowest BCUT2D eigenvalue weighted by Gasteiger charge is -2.27. The van der Waals surface area contributed by atoms with Crippen molar-refractivity contribution in [3.05, 3.63) is 12.2 Å². The largest absolute Gasteiger partial charge is 0.478 e. The summed E-state index contributed by atoms with van der Waals surface area (Å²) in [5.41, 5.74) is -1.46. The molecule has 0 aromatic rings. The third-order valence-electron chi connectivity index (χ3n) is 4.13. The van der Waals surface area contributed by atoms with E-state index in [1.54, 1.807) is 55.4 Å². The van der Waals surface area contributed by atoms with Crippen LogP contribution in [-0.4, -0.2) is 70.2 Å². The predicted octanol–water partition coefficient (Wildman–Crippen LogP) is 2.33. The van der Waals surface area contributed by atoms with E-state index in [2.05, 4.69) is 16.0 Å². The summed E-state index contributed by atoms with van der Waals surface area (Å²) >= 11 is 0. The zero-order valence-corrected chi connectivity index (χ0v) is 21.4. The average molecular weight is 488 g/mol. The Balaban J connectivity index is 5.23. The van der Waals surface area contributed by atoms with Gasteiger partial charge in [0.25, 0.3) is 0 Å². The maximum Gasteiger partial charge on any atom is 0.408 e. The molecule has 5 N–H and O–H groups in total. The Labute approximate surface area is 201 Å². The summed E-state index contributed by atoms with van der Waals surface area (Å²) < 4.78 is 10.3. The van der Waals surface area contributed by atoms with Crippen molar-refractivity contribution >= 4 is 24.1 Å². The summed E-state index contributed by atoms with van der Waals surface area (Å²) in [4.78, 5) is 47.8. The van der Waals surface area contributed by atoms with E-state index in [-0.39, 0.29) is 25.3 Å².